The summed E-state index contributed by atoms with van der Waals surface area (Å²) in [6.45, 7) is 2.45. The van der Waals surface area contributed by atoms with Crippen LogP contribution in [0.4, 0.5) is 0 Å². The Balaban J connectivity index is 2.37. The van der Waals surface area contributed by atoms with Gasteiger partial charge in [0.1, 0.15) is 5.56 Å². The highest BCUT2D eigenvalue weighted by Crippen LogP contribution is 2.34. The third-order valence-electron chi connectivity index (χ3n) is 3.29. The lowest BCUT2D eigenvalue weighted by molar-refractivity contribution is 0.103. The van der Waals surface area contributed by atoms with E-state index in [1.54, 1.807) is 38.1 Å². The molecule has 0 fully saturated rings. The van der Waals surface area contributed by atoms with E-state index in [1.807, 2.05) is 6.92 Å². The van der Waals surface area contributed by atoms with Gasteiger partial charge in [-0.15, -0.1) is 11.8 Å². The lowest BCUT2D eigenvalue weighted by Crippen LogP contribution is -2.05. The monoisotopic (exact) mass is 340 g/mol. The van der Waals surface area contributed by atoms with E-state index in [4.69, 9.17) is 16.3 Å². The van der Waals surface area contributed by atoms with Crippen molar-refractivity contribution in [2.45, 2.75) is 11.8 Å². The summed E-state index contributed by atoms with van der Waals surface area (Å²) in [4.78, 5) is 13.5. The minimum atomic E-state index is -0.270. The first-order chi connectivity index (χ1) is 10.5. The molecule has 0 bridgehead atoms. The van der Waals surface area contributed by atoms with E-state index in [-0.39, 0.29) is 17.2 Å². The smallest absolute Gasteiger partial charge is 0.220 e. The summed E-state index contributed by atoms with van der Waals surface area (Å²) in [5, 5.41) is 14.4. The molecule has 0 saturated carbocycles. The summed E-state index contributed by atoms with van der Waals surface area (Å²) in [5.41, 5.74) is 1.48. The number of methoxy groups -OCH3 is 1. The number of nitrogens with zero attached hydrogens (tertiary/aromatic N) is 2. The molecule has 0 aliphatic rings. The predicted molar refractivity (Wildman–Crippen MR) is 87.1 cm³/mol. The maximum Gasteiger partial charge on any atom is 0.220 e. The Morgan fingerprint density at radius 3 is 2.77 bits per heavy atom. The maximum absolute atomic E-state index is 12.6. The van der Waals surface area contributed by atoms with Crippen molar-refractivity contribution in [3.8, 4) is 5.88 Å². The van der Waals surface area contributed by atoms with Gasteiger partial charge >= 0.3 is 0 Å². The van der Waals surface area contributed by atoms with Crippen LogP contribution in [0.25, 0.3) is 0 Å². The third-order valence-corrected chi connectivity index (χ3v) is 4.90. The first kappa shape index (κ1) is 16.9. The van der Waals surface area contributed by atoms with Gasteiger partial charge in [0.25, 0.3) is 0 Å². The molecule has 5 nitrogen and oxygen atoms in total. The van der Waals surface area contributed by atoms with Crippen LogP contribution in [-0.2, 0) is 11.8 Å². The van der Waals surface area contributed by atoms with Crippen molar-refractivity contribution in [3.63, 3.8) is 0 Å². The first-order valence-electron chi connectivity index (χ1n) is 6.63. The van der Waals surface area contributed by atoms with Gasteiger partial charge in [-0.1, -0.05) is 11.6 Å². The zero-order valence-corrected chi connectivity index (χ0v) is 14.2. The first-order valence-corrected chi connectivity index (χ1v) is 8.00. The van der Waals surface area contributed by atoms with E-state index in [2.05, 4.69) is 5.10 Å². The molecule has 0 aliphatic carbocycles. The van der Waals surface area contributed by atoms with Crippen molar-refractivity contribution in [1.29, 1.82) is 0 Å². The summed E-state index contributed by atoms with van der Waals surface area (Å²) < 4.78 is 6.29. The summed E-state index contributed by atoms with van der Waals surface area (Å²) >= 11 is 7.77. The van der Waals surface area contributed by atoms with E-state index in [9.17, 15) is 9.90 Å². The molecule has 0 unspecified atom stereocenters. The van der Waals surface area contributed by atoms with Gasteiger partial charge in [-0.3, -0.25) is 4.79 Å². The Morgan fingerprint density at radius 1 is 1.45 bits per heavy atom. The molecule has 1 aromatic heterocycles. The van der Waals surface area contributed by atoms with E-state index >= 15 is 0 Å². The standard InChI is InChI=1S/C15H17ClN2O3S/c1-9-10(13(19)11-8-17-18(2)15(11)20)4-5-12(16)14(9)22-7-6-21-3/h4-5,8,20H,6-7H2,1-3H3. The number of aryl methyl sites for hydroxylation is 1. The molecule has 118 valence electrons. The largest absolute Gasteiger partial charge is 0.493 e. The third kappa shape index (κ3) is 3.29. The molecule has 0 amide bonds. The molecule has 0 spiro atoms. The fourth-order valence-electron chi connectivity index (χ4n) is 2.05. The predicted octanol–water partition coefficient (Wildman–Crippen LogP) is 3.06. The topological polar surface area (TPSA) is 64.3 Å². The van der Waals surface area contributed by atoms with Crippen molar-refractivity contribution in [1.82, 2.24) is 9.78 Å². The van der Waals surface area contributed by atoms with Crippen LogP contribution in [0.1, 0.15) is 21.5 Å². The average Bonchev–Trinajstić information content (AvgIpc) is 2.82. The Hall–Kier alpha value is -1.50. The molecule has 1 N–H and O–H groups in total. The number of ketones is 1. The van der Waals surface area contributed by atoms with Crippen molar-refractivity contribution >= 4 is 29.1 Å². The Morgan fingerprint density at radius 2 is 2.18 bits per heavy atom. The molecular formula is C15H17ClN2O3S. The fraction of sp³-hybridized carbons (Fsp3) is 0.333. The molecule has 7 heteroatoms. The molecule has 2 rings (SSSR count). The normalized spacial score (nSPS) is 10.9. The molecule has 22 heavy (non-hydrogen) atoms. The van der Waals surface area contributed by atoms with Crippen LogP contribution >= 0.6 is 23.4 Å². The van der Waals surface area contributed by atoms with Crippen molar-refractivity contribution < 1.29 is 14.6 Å². The van der Waals surface area contributed by atoms with Crippen molar-refractivity contribution in [3.05, 3.63) is 40.0 Å². The zero-order valence-electron chi connectivity index (χ0n) is 12.6. The minimum absolute atomic E-state index is 0.145. The highest BCUT2D eigenvalue weighted by Gasteiger charge is 2.21. The molecule has 2 aromatic rings. The number of benzene rings is 1. The lowest BCUT2D eigenvalue weighted by atomic mass is 10.0. The van der Waals surface area contributed by atoms with Gasteiger partial charge in [-0.2, -0.15) is 5.10 Å². The highest BCUT2D eigenvalue weighted by molar-refractivity contribution is 7.99. The molecule has 0 saturated heterocycles. The lowest BCUT2D eigenvalue weighted by Gasteiger charge is -2.12. The van der Waals surface area contributed by atoms with Gasteiger partial charge < -0.3 is 9.84 Å². The van der Waals surface area contributed by atoms with E-state index in [1.165, 1.54) is 10.9 Å². The summed E-state index contributed by atoms with van der Waals surface area (Å²) in [7, 11) is 3.22. The molecule has 1 aromatic carbocycles. The number of aromatic hydroxyl groups is 1. The summed E-state index contributed by atoms with van der Waals surface area (Å²) in [6, 6.07) is 3.37. The summed E-state index contributed by atoms with van der Waals surface area (Å²) in [5.74, 6) is 0.327. The molecule has 1 heterocycles. The quantitative estimate of drug-likeness (QED) is 0.497. The number of aromatic nitrogens is 2. The number of rotatable bonds is 6. The fourth-order valence-corrected chi connectivity index (χ4v) is 3.40. The van der Waals surface area contributed by atoms with E-state index in [0.717, 1.165) is 16.2 Å². The van der Waals surface area contributed by atoms with Crippen LogP contribution in [0.5, 0.6) is 5.88 Å². The van der Waals surface area contributed by atoms with Crippen molar-refractivity contribution in [2.75, 3.05) is 19.5 Å². The van der Waals surface area contributed by atoms with Crippen LogP contribution in [-0.4, -0.2) is 40.1 Å². The number of carbonyl (C=O) groups is 1. The maximum atomic E-state index is 12.6. The van der Waals surface area contributed by atoms with Crippen LogP contribution < -0.4 is 0 Å². The van der Waals surface area contributed by atoms with Gasteiger partial charge in [0.05, 0.1) is 17.8 Å². The Bertz CT molecular complexity index is 700. The number of ether oxygens (including phenoxy) is 1. The SMILES string of the molecule is COCCSc1c(Cl)ccc(C(=O)c2cnn(C)c2O)c1C. The molecule has 0 aliphatic heterocycles. The van der Waals surface area contributed by atoms with Gasteiger partial charge in [0.2, 0.25) is 5.88 Å². The number of hydrogen-bond acceptors (Lipinski definition) is 5. The van der Waals surface area contributed by atoms with Crippen LogP contribution in [0, 0.1) is 6.92 Å². The van der Waals surface area contributed by atoms with E-state index in [0.29, 0.717) is 17.2 Å². The zero-order chi connectivity index (χ0) is 16.3. The second kappa shape index (κ2) is 7.17. The second-order valence-corrected chi connectivity index (χ2v) is 6.24. The van der Waals surface area contributed by atoms with Gasteiger partial charge in [0.15, 0.2) is 5.78 Å². The molecule has 0 atom stereocenters. The second-order valence-electron chi connectivity index (χ2n) is 4.72. The number of halogens is 1. The van der Waals surface area contributed by atoms with Gasteiger partial charge in [-0.05, 0) is 24.6 Å². The van der Waals surface area contributed by atoms with Crippen molar-refractivity contribution in [2.24, 2.45) is 7.05 Å². The Kier molecular flexibility index (Phi) is 5.50. The van der Waals surface area contributed by atoms with E-state index < -0.39 is 0 Å². The number of hydrogen-bond donors (Lipinski definition) is 1. The minimum Gasteiger partial charge on any atom is -0.493 e. The number of carbonyl (C=O) groups excluding carboxylic acids is 1. The molecule has 0 radical (unpaired) electrons. The van der Waals surface area contributed by atoms with Crippen LogP contribution in [0.2, 0.25) is 5.02 Å². The van der Waals surface area contributed by atoms with Gasteiger partial charge in [0, 0.05) is 30.4 Å². The van der Waals surface area contributed by atoms with Crippen LogP contribution in [0.3, 0.4) is 0 Å². The van der Waals surface area contributed by atoms with Crippen LogP contribution in [0.15, 0.2) is 23.2 Å². The summed E-state index contributed by atoms with van der Waals surface area (Å²) in [6.07, 6.45) is 1.36. The van der Waals surface area contributed by atoms with Gasteiger partial charge in [-0.25, -0.2) is 4.68 Å². The average molecular weight is 341 g/mol. The Labute approximate surface area is 138 Å². The molecular weight excluding hydrogens is 324 g/mol. The number of thioether (sulfide) groups is 1. The highest BCUT2D eigenvalue weighted by atomic mass is 35.5.